The number of carbonyl (C=O) groups is 2. The fourth-order valence-corrected chi connectivity index (χ4v) is 7.46. The summed E-state index contributed by atoms with van der Waals surface area (Å²) in [4.78, 5) is 35.5. The molecule has 0 spiro atoms. The summed E-state index contributed by atoms with van der Waals surface area (Å²) in [6.45, 7) is 5.21. The highest BCUT2D eigenvalue weighted by Gasteiger charge is 2.27. The molecule has 0 radical (unpaired) electrons. The normalized spacial score (nSPS) is 17.7. The number of halogens is 1. The molecule has 11 heteroatoms. The van der Waals surface area contributed by atoms with Gasteiger partial charge in [0.15, 0.2) is 0 Å². The van der Waals surface area contributed by atoms with Gasteiger partial charge in [-0.3, -0.25) is 24.2 Å². The molecule has 2 aliphatic heterocycles. The first-order valence-corrected chi connectivity index (χ1v) is 17.9. The third kappa shape index (κ3) is 9.71. The molecule has 2 N–H and O–H groups in total. The van der Waals surface area contributed by atoms with Gasteiger partial charge in [0, 0.05) is 48.5 Å². The van der Waals surface area contributed by atoms with Crippen LogP contribution >= 0.6 is 11.6 Å². The fraction of sp³-hybridized carbons (Fsp3) is 0.436. The molecule has 266 valence electrons. The Hall–Kier alpha value is -4.25. The van der Waals surface area contributed by atoms with E-state index >= 15 is 0 Å². The Bertz CT molecular complexity index is 1750. The van der Waals surface area contributed by atoms with E-state index in [1.165, 1.54) is 43.5 Å². The third-order valence-corrected chi connectivity index (χ3v) is 10.3. The lowest BCUT2D eigenvalue weighted by molar-refractivity contribution is -0.123. The number of rotatable bonds is 10. The van der Waals surface area contributed by atoms with Gasteiger partial charge in [0.2, 0.25) is 0 Å². The largest absolute Gasteiger partial charge is 0.494 e. The number of benzene rings is 3. The number of hydrogen-bond acceptors (Lipinski definition) is 7. The molecule has 0 unspecified atom stereocenters. The second-order valence-electron chi connectivity index (χ2n) is 13.1. The van der Waals surface area contributed by atoms with Crippen LogP contribution in [0.4, 0.5) is 0 Å². The second-order valence-corrected chi connectivity index (χ2v) is 13.5. The topological polar surface area (TPSA) is 125 Å². The standard InChI is InChI=1S/C37H43ClN4O2.2CH2O2/c38-30-14-11-27(12-15-30)24-36-34-9-1-2-10-35(34)37(43)42(39-36)26-32-8-4-19-40(32)20-5-23-44-33-16-13-28-17-21-41(31-6-3-7-31)22-18-29(28)25-33;2*2-1-3/h1-2,9-16,25,31-32H,3-8,17-24,26H2;2*1H,(H,2,3)/t32-;;/m0../s1. The Kier molecular flexibility index (Phi) is 13.8. The van der Waals surface area contributed by atoms with E-state index in [9.17, 15) is 4.79 Å². The molecule has 50 heavy (non-hydrogen) atoms. The lowest BCUT2D eigenvalue weighted by Gasteiger charge is -2.36. The average molecular weight is 703 g/mol. The monoisotopic (exact) mass is 702 g/mol. The van der Waals surface area contributed by atoms with Gasteiger partial charge in [0.25, 0.3) is 18.5 Å². The van der Waals surface area contributed by atoms with Gasteiger partial charge in [0.1, 0.15) is 5.75 Å². The minimum Gasteiger partial charge on any atom is -0.494 e. The summed E-state index contributed by atoms with van der Waals surface area (Å²) in [6.07, 6.45) is 10.3. The molecule has 3 heterocycles. The zero-order valence-corrected chi connectivity index (χ0v) is 29.2. The SMILES string of the molecule is O=CO.O=CO.O=c1c2ccccc2c(Cc2ccc(Cl)cc2)nn1C[C@@H]1CCCN1CCCOc1ccc2c(c1)CCN(C1CCC1)CC2. The predicted molar refractivity (Wildman–Crippen MR) is 195 cm³/mol. The Morgan fingerprint density at radius 2 is 1.56 bits per heavy atom. The van der Waals surface area contributed by atoms with Crippen LogP contribution in [0.2, 0.25) is 5.02 Å². The first-order valence-electron chi connectivity index (χ1n) is 17.6. The highest BCUT2D eigenvalue weighted by molar-refractivity contribution is 6.30. The van der Waals surface area contributed by atoms with E-state index in [-0.39, 0.29) is 18.5 Å². The van der Waals surface area contributed by atoms with Crippen molar-refractivity contribution in [2.75, 3.05) is 32.8 Å². The maximum atomic E-state index is 13.5. The Morgan fingerprint density at radius 1 is 0.860 bits per heavy atom. The fourth-order valence-electron chi connectivity index (χ4n) is 7.33. The Labute approximate surface area is 298 Å². The molecule has 0 amide bonds. The van der Waals surface area contributed by atoms with Crippen molar-refractivity contribution < 1.29 is 24.5 Å². The number of fused-ring (bicyclic) bond motifs is 2. The predicted octanol–water partition coefficient (Wildman–Crippen LogP) is 5.93. The summed E-state index contributed by atoms with van der Waals surface area (Å²) < 4.78 is 7.98. The molecule has 7 rings (SSSR count). The number of ether oxygens (including phenoxy) is 1. The van der Waals surface area contributed by atoms with Gasteiger partial charge < -0.3 is 14.9 Å². The molecule has 10 nitrogen and oxygen atoms in total. The number of nitrogens with zero attached hydrogens (tertiary/aromatic N) is 4. The van der Waals surface area contributed by atoms with Crippen molar-refractivity contribution in [2.45, 2.75) is 76.4 Å². The summed E-state index contributed by atoms with van der Waals surface area (Å²) in [5, 5.41) is 21.1. The molecule has 1 aliphatic carbocycles. The highest BCUT2D eigenvalue weighted by atomic mass is 35.5. The van der Waals surface area contributed by atoms with E-state index in [2.05, 4.69) is 28.0 Å². The second kappa shape index (κ2) is 18.7. The van der Waals surface area contributed by atoms with E-state index in [0.29, 0.717) is 25.6 Å². The van der Waals surface area contributed by atoms with Crippen molar-refractivity contribution in [1.29, 1.82) is 0 Å². The lowest BCUT2D eigenvalue weighted by Crippen LogP contribution is -2.41. The first kappa shape index (κ1) is 37.0. The van der Waals surface area contributed by atoms with Crippen LogP contribution in [0.1, 0.15) is 60.9 Å². The first-order chi connectivity index (χ1) is 24.4. The van der Waals surface area contributed by atoms with E-state index in [1.807, 2.05) is 48.5 Å². The molecular weight excluding hydrogens is 656 g/mol. The van der Waals surface area contributed by atoms with Crippen molar-refractivity contribution in [3.63, 3.8) is 0 Å². The quantitative estimate of drug-likeness (QED) is 0.153. The summed E-state index contributed by atoms with van der Waals surface area (Å²) in [7, 11) is 0. The highest BCUT2D eigenvalue weighted by Crippen LogP contribution is 2.29. The lowest BCUT2D eigenvalue weighted by atomic mass is 9.91. The van der Waals surface area contributed by atoms with Crippen molar-refractivity contribution in [3.8, 4) is 5.75 Å². The number of hydrogen-bond donors (Lipinski definition) is 2. The molecule has 1 saturated carbocycles. The summed E-state index contributed by atoms with van der Waals surface area (Å²) in [6, 6.07) is 23.6. The van der Waals surface area contributed by atoms with Gasteiger partial charge in [-0.2, -0.15) is 5.10 Å². The van der Waals surface area contributed by atoms with Crippen LogP contribution in [0.15, 0.2) is 71.5 Å². The van der Waals surface area contributed by atoms with E-state index < -0.39 is 0 Å². The molecule has 1 aromatic heterocycles. The molecule has 4 aromatic rings. The molecule has 1 saturated heterocycles. The van der Waals surface area contributed by atoms with Crippen molar-refractivity contribution in [3.05, 3.63) is 104 Å². The van der Waals surface area contributed by atoms with Gasteiger partial charge in [-0.25, -0.2) is 4.68 Å². The maximum absolute atomic E-state index is 13.5. The van der Waals surface area contributed by atoms with Gasteiger partial charge in [-0.15, -0.1) is 0 Å². The molecule has 3 aromatic carbocycles. The number of likely N-dealkylation sites (tertiary alicyclic amines) is 1. The zero-order chi connectivity index (χ0) is 35.3. The molecular formula is C39H47ClN4O6. The molecule has 1 atom stereocenters. The molecule has 0 bridgehead atoms. The summed E-state index contributed by atoms with van der Waals surface area (Å²) >= 11 is 6.12. The van der Waals surface area contributed by atoms with Crippen LogP contribution < -0.4 is 10.3 Å². The van der Waals surface area contributed by atoms with E-state index in [1.54, 1.807) is 4.68 Å². The van der Waals surface area contributed by atoms with Gasteiger partial charge >= 0.3 is 0 Å². The maximum Gasteiger partial charge on any atom is 0.290 e. The summed E-state index contributed by atoms with van der Waals surface area (Å²) in [5.74, 6) is 0.999. The Balaban J connectivity index is 0.000000758. The van der Waals surface area contributed by atoms with E-state index in [4.69, 9.17) is 41.2 Å². The van der Waals surface area contributed by atoms with Gasteiger partial charge in [-0.1, -0.05) is 54.4 Å². The average Bonchev–Trinajstić information content (AvgIpc) is 3.43. The third-order valence-electron chi connectivity index (χ3n) is 10.1. The minimum absolute atomic E-state index is 0.00495. The van der Waals surface area contributed by atoms with Crippen LogP contribution in [0.3, 0.4) is 0 Å². The zero-order valence-electron chi connectivity index (χ0n) is 28.5. The van der Waals surface area contributed by atoms with Crippen LogP contribution in [0, 0.1) is 0 Å². The van der Waals surface area contributed by atoms with Crippen LogP contribution in [-0.4, -0.2) is 87.6 Å². The van der Waals surface area contributed by atoms with Crippen LogP contribution in [0.5, 0.6) is 5.75 Å². The minimum atomic E-state index is -0.250. The van der Waals surface area contributed by atoms with Crippen molar-refractivity contribution >= 4 is 35.3 Å². The molecule has 2 fully saturated rings. The van der Waals surface area contributed by atoms with Gasteiger partial charge in [0.05, 0.1) is 24.2 Å². The van der Waals surface area contributed by atoms with Crippen molar-refractivity contribution in [2.24, 2.45) is 0 Å². The van der Waals surface area contributed by atoms with E-state index in [0.717, 1.165) is 84.0 Å². The Morgan fingerprint density at radius 3 is 2.26 bits per heavy atom. The van der Waals surface area contributed by atoms with Crippen LogP contribution in [0.25, 0.3) is 10.8 Å². The van der Waals surface area contributed by atoms with Gasteiger partial charge in [-0.05, 0) is 98.5 Å². The van der Waals surface area contributed by atoms with Crippen LogP contribution in [-0.2, 0) is 35.4 Å². The number of carboxylic acid groups (broad SMARTS) is 2. The molecule has 3 aliphatic rings. The van der Waals surface area contributed by atoms with Crippen molar-refractivity contribution in [1.82, 2.24) is 19.6 Å². The number of aromatic nitrogens is 2. The smallest absolute Gasteiger partial charge is 0.290 e. The summed E-state index contributed by atoms with van der Waals surface area (Å²) in [5.41, 5.74) is 5.01.